The number of benzene rings is 1. The van der Waals surface area contributed by atoms with Crippen LogP contribution >= 0.6 is 0 Å². The lowest BCUT2D eigenvalue weighted by Gasteiger charge is -2.17. The topological polar surface area (TPSA) is 161 Å². The maximum atomic E-state index is 12.2. The minimum absolute atomic E-state index is 0.119. The highest BCUT2D eigenvalue weighted by molar-refractivity contribution is 5.85. The molecule has 0 unspecified atom stereocenters. The summed E-state index contributed by atoms with van der Waals surface area (Å²) < 4.78 is 10.9. The van der Waals surface area contributed by atoms with Crippen molar-refractivity contribution in [3.8, 4) is 5.75 Å². The number of fused-ring (bicyclic) bond motifs is 3. The number of hydrogen-bond donors (Lipinski definition) is 4. The fourth-order valence-electron chi connectivity index (χ4n) is 3.68. The van der Waals surface area contributed by atoms with Crippen molar-refractivity contribution in [3.05, 3.63) is 39.7 Å². The van der Waals surface area contributed by atoms with Gasteiger partial charge >= 0.3 is 17.6 Å². The van der Waals surface area contributed by atoms with Crippen molar-refractivity contribution in [2.45, 2.75) is 44.6 Å². The predicted octanol–water partition coefficient (Wildman–Crippen LogP) is 1.07. The standard InChI is InChI=1S/C21H25N3O7/c22-21(29)23-9-3-6-16(19(26)27)24-18(25)11-30-12-7-8-14-13-4-1-2-5-15(13)20(28)31-17(14)10-12/h7-8,10,16H,1-6,9,11H2,(H,24,25)(H,26,27)(H3,22,23,29)/t16-/m0/s1. The van der Waals surface area contributed by atoms with Crippen LogP contribution in [0.15, 0.2) is 27.4 Å². The zero-order valence-corrected chi connectivity index (χ0v) is 16.9. The number of ether oxygens (including phenoxy) is 1. The van der Waals surface area contributed by atoms with Crippen LogP contribution in [-0.4, -0.2) is 42.2 Å². The third-order valence-electron chi connectivity index (χ3n) is 5.17. The first-order valence-corrected chi connectivity index (χ1v) is 10.1. The van der Waals surface area contributed by atoms with E-state index < -0.39 is 30.6 Å². The van der Waals surface area contributed by atoms with E-state index in [0.717, 1.165) is 42.2 Å². The summed E-state index contributed by atoms with van der Waals surface area (Å²) in [7, 11) is 0. The van der Waals surface area contributed by atoms with Crippen molar-refractivity contribution in [2.75, 3.05) is 13.2 Å². The van der Waals surface area contributed by atoms with Gasteiger partial charge in [0, 0.05) is 23.6 Å². The van der Waals surface area contributed by atoms with Crippen molar-refractivity contribution < 1.29 is 28.6 Å². The molecule has 0 saturated heterocycles. The van der Waals surface area contributed by atoms with Gasteiger partial charge in [-0.2, -0.15) is 0 Å². The fourth-order valence-corrected chi connectivity index (χ4v) is 3.68. The number of carboxylic acid groups (broad SMARTS) is 1. The maximum Gasteiger partial charge on any atom is 0.339 e. The monoisotopic (exact) mass is 431 g/mol. The Kier molecular flexibility index (Phi) is 7.11. The van der Waals surface area contributed by atoms with E-state index in [1.165, 1.54) is 0 Å². The first-order valence-electron chi connectivity index (χ1n) is 10.1. The van der Waals surface area contributed by atoms with Crippen LogP contribution in [0.2, 0.25) is 0 Å². The number of urea groups is 1. The lowest BCUT2D eigenvalue weighted by atomic mass is 9.91. The van der Waals surface area contributed by atoms with E-state index in [4.69, 9.17) is 14.9 Å². The Labute approximate surface area is 177 Å². The molecule has 0 radical (unpaired) electrons. The molecule has 0 spiro atoms. The third-order valence-corrected chi connectivity index (χ3v) is 5.17. The molecule has 5 N–H and O–H groups in total. The molecule has 1 aliphatic rings. The van der Waals surface area contributed by atoms with Gasteiger partial charge in [-0.05, 0) is 56.2 Å². The van der Waals surface area contributed by atoms with Gasteiger partial charge in [-0.1, -0.05) is 0 Å². The van der Waals surface area contributed by atoms with Crippen molar-refractivity contribution in [2.24, 2.45) is 5.73 Å². The molecule has 3 amide bonds. The molecule has 0 saturated carbocycles. The summed E-state index contributed by atoms with van der Waals surface area (Å²) in [5, 5.41) is 14.8. The van der Waals surface area contributed by atoms with Crippen LogP contribution < -0.4 is 26.7 Å². The van der Waals surface area contributed by atoms with E-state index in [9.17, 15) is 24.3 Å². The van der Waals surface area contributed by atoms with Gasteiger partial charge < -0.3 is 30.6 Å². The summed E-state index contributed by atoms with van der Waals surface area (Å²) in [5.74, 6) is -1.47. The summed E-state index contributed by atoms with van der Waals surface area (Å²) in [6.45, 7) is -0.193. The van der Waals surface area contributed by atoms with Gasteiger partial charge in [0.15, 0.2) is 6.61 Å². The van der Waals surface area contributed by atoms with E-state index in [1.54, 1.807) is 18.2 Å². The first-order chi connectivity index (χ1) is 14.8. The Morgan fingerprint density at radius 3 is 2.65 bits per heavy atom. The van der Waals surface area contributed by atoms with Crippen molar-refractivity contribution in [1.29, 1.82) is 0 Å². The van der Waals surface area contributed by atoms with Gasteiger partial charge in [0.25, 0.3) is 5.91 Å². The second-order valence-electron chi connectivity index (χ2n) is 7.39. The molecule has 0 bridgehead atoms. The number of nitrogens with one attached hydrogen (secondary N) is 2. The second kappa shape index (κ2) is 9.96. The SMILES string of the molecule is NC(=O)NCCC[C@H](NC(=O)COc1ccc2c3c(c(=O)oc2c1)CCCC3)C(=O)O. The maximum absolute atomic E-state index is 12.2. The Bertz CT molecular complexity index is 1050. The average Bonchev–Trinajstić information content (AvgIpc) is 2.74. The van der Waals surface area contributed by atoms with Crippen LogP contribution in [-0.2, 0) is 22.4 Å². The largest absolute Gasteiger partial charge is 0.484 e. The second-order valence-corrected chi connectivity index (χ2v) is 7.39. The van der Waals surface area contributed by atoms with Crippen LogP contribution in [0.5, 0.6) is 5.75 Å². The average molecular weight is 431 g/mol. The molecule has 0 fully saturated rings. The van der Waals surface area contributed by atoms with Gasteiger partial charge in [-0.3, -0.25) is 4.79 Å². The van der Waals surface area contributed by atoms with Crippen molar-refractivity contribution >= 4 is 28.9 Å². The number of primary amides is 1. The molecule has 1 atom stereocenters. The van der Waals surface area contributed by atoms with Crippen LogP contribution in [0, 0.1) is 0 Å². The molecule has 10 heteroatoms. The highest BCUT2D eigenvalue weighted by Crippen LogP contribution is 2.29. The number of carbonyl (C=O) groups excluding carboxylic acids is 2. The Balaban J connectivity index is 1.59. The Hall–Kier alpha value is -3.56. The van der Waals surface area contributed by atoms with E-state index in [0.29, 0.717) is 17.8 Å². The van der Waals surface area contributed by atoms with E-state index >= 15 is 0 Å². The lowest BCUT2D eigenvalue weighted by molar-refractivity contribution is -0.142. The molecule has 1 heterocycles. The number of carbonyl (C=O) groups is 3. The van der Waals surface area contributed by atoms with Gasteiger partial charge in [0.2, 0.25) is 0 Å². The molecule has 3 rings (SSSR count). The Morgan fingerprint density at radius 1 is 1.19 bits per heavy atom. The van der Waals surface area contributed by atoms with Gasteiger partial charge in [0.1, 0.15) is 17.4 Å². The van der Waals surface area contributed by atoms with Gasteiger partial charge in [0.05, 0.1) is 0 Å². The summed E-state index contributed by atoms with van der Waals surface area (Å²) in [5.41, 5.74) is 6.75. The number of nitrogens with two attached hydrogens (primary N) is 1. The molecule has 10 nitrogen and oxygen atoms in total. The molecule has 1 aliphatic carbocycles. The third kappa shape index (κ3) is 5.74. The predicted molar refractivity (Wildman–Crippen MR) is 111 cm³/mol. The molecular weight excluding hydrogens is 406 g/mol. The fraction of sp³-hybridized carbons (Fsp3) is 0.429. The minimum Gasteiger partial charge on any atom is -0.484 e. The molecule has 31 heavy (non-hydrogen) atoms. The zero-order valence-electron chi connectivity index (χ0n) is 16.9. The summed E-state index contributed by atoms with van der Waals surface area (Å²) >= 11 is 0. The quantitative estimate of drug-likeness (QED) is 0.341. The molecular formula is C21H25N3O7. The number of carboxylic acids is 1. The van der Waals surface area contributed by atoms with Gasteiger partial charge in [-0.15, -0.1) is 0 Å². The smallest absolute Gasteiger partial charge is 0.339 e. The first kappa shape index (κ1) is 22.1. The number of amides is 3. The number of hydrogen-bond acceptors (Lipinski definition) is 6. The van der Waals surface area contributed by atoms with Crippen molar-refractivity contribution in [3.63, 3.8) is 0 Å². The summed E-state index contributed by atoms with van der Waals surface area (Å²) in [6, 6.07) is 3.24. The molecule has 166 valence electrons. The van der Waals surface area contributed by atoms with Crippen LogP contribution in [0.1, 0.15) is 36.8 Å². The summed E-state index contributed by atoms with van der Waals surface area (Å²) in [4.78, 5) is 46.3. The van der Waals surface area contributed by atoms with E-state index in [2.05, 4.69) is 10.6 Å². The molecule has 2 aromatic rings. The lowest BCUT2D eigenvalue weighted by Crippen LogP contribution is -2.43. The molecule has 1 aromatic carbocycles. The molecule has 0 aliphatic heterocycles. The number of rotatable bonds is 9. The van der Waals surface area contributed by atoms with Crippen LogP contribution in [0.25, 0.3) is 11.0 Å². The Morgan fingerprint density at radius 2 is 1.94 bits per heavy atom. The van der Waals surface area contributed by atoms with E-state index in [-0.39, 0.29) is 18.6 Å². The normalized spacial score (nSPS) is 13.8. The zero-order chi connectivity index (χ0) is 22.4. The number of aryl methyl sites for hydroxylation is 1. The summed E-state index contributed by atoms with van der Waals surface area (Å²) in [6.07, 6.45) is 3.98. The number of aliphatic carboxylic acids is 1. The van der Waals surface area contributed by atoms with Gasteiger partial charge in [-0.25, -0.2) is 14.4 Å². The van der Waals surface area contributed by atoms with Crippen LogP contribution in [0.3, 0.4) is 0 Å². The minimum atomic E-state index is -1.19. The van der Waals surface area contributed by atoms with E-state index in [1.807, 2.05) is 0 Å². The highest BCUT2D eigenvalue weighted by atomic mass is 16.5. The van der Waals surface area contributed by atoms with Crippen LogP contribution in [0.4, 0.5) is 4.79 Å². The highest BCUT2D eigenvalue weighted by Gasteiger charge is 2.21. The molecule has 1 aromatic heterocycles. The van der Waals surface area contributed by atoms with Crippen molar-refractivity contribution in [1.82, 2.24) is 10.6 Å².